The molecular weight excluding hydrogens is 590 g/mol. The van der Waals surface area contributed by atoms with Crippen molar-refractivity contribution in [3.8, 4) is 11.5 Å². The van der Waals surface area contributed by atoms with Gasteiger partial charge in [0, 0.05) is 11.3 Å². The molecule has 0 saturated carbocycles. The van der Waals surface area contributed by atoms with Crippen molar-refractivity contribution in [1.29, 1.82) is 0 Å². The lowest BCUT2D eigenvalue weighted by Gasteiger charge is -2.33. The summed E-state index contributed by atoms with van der Waals surface area (Å²) < 4.78 is 10.4. The van der Waals surface area contributed by atoms with Crippen LogP contribution in [0.3, 0.4) is 0 Å². The van der Waals surface area contributed by atoms with Crippen LogP contribution in [0, 0.1) is 13.8 Å². The van der Waals surface area contributed by atoms with Gasteiger partial charge in [-0.3, -0.25) is 14.4 Å². The number of para-hydroxylation sites is 1. The van der Waals surface area contributed by atoms with E-state index in [-0.39, 0.29) is 24.8 Å². The lowest BCUT2D eigenvalue weighted by Crippen LogP contribution is -2.59. The smallest absolute Gasteiger partial charge is 0.258 e. The number of ether oxygens (including phenoxy) is 2. The summed E-state index contributed by atoms with van der Waals surface area (Å²) in [6.07, 6.45) is -0.758. The van der Waals surface area contributed by atoms with Crippen molar-refractivity contribution in [3.05, 3.63) is 95.1 Å². The van der Waals surface area contributed by atoms with Gasteiger partial charge in [0.2, 0.25) is 5.91 Å². The molecule has 45 heavy (non-hydrogen) atoms. The van der Waals surface area contributed by atoms with Crippen LogP contribution in [0.1, 0.15) is 36.1 Å². The second kappa shape index (κ2) is 15.3. The molecule has 1 saturated heterocycles. The number of methoxy groups -OCH3 is 1. The Morgan fingerprint density at radius 3 is 2.29 bits per heavy atom. The standard InChI is InChI=1S/C35H43N3O6S/c1-23-10-9-11-24(2)31(23)44-21-29(39)37-28(20-26-12-7-6-8-13-26)30(40)34(42)38-22-45-35(3,4)32(38)33(41)36-19-18-25-14-16-27(43-5)17-15-25/h6-17,28,30,32,40H,18-22H2,1-5H3,(H,36,41)(H,37,39)/t28-,30-,32+/m0/s1. The summed E-state index contributed by atoms with van der Waals surface area (Å²) in [4.78, 5) is 41.9. The molecular formula is C35H43N3O6S. The Morgan fingerprint density at radius 2 is 1.64 bits per heavy atom. The number of thioether (sulfide) groups is 1. The molecule has 1 aliphatic rings. The fraction of sp³-hybridized carbons (Fsp3) is 0.400. The number of hydrogen-bond donors (Lipinski definition) is 3. The van der Waals surface area contributed by atoms with Crippen molar-refractivity contribution < 1.29 is 29.0 Å². The lowest BCUT2D eigenvalue weighted by molar-refractivity contribution is -0.147. The summed E-state index contributed by atoms with van der Waals surface area (Å²) in [5, 5.41) is 17.3. The first-order valence-corrected chi connectivity index (χ1v) is 16.0. The number of carbonyl (C=O) groups is 3. The molecule has 240 valence electrons. The van der Waals surface area contributed by atoms with Gasteiger partial charge >= 0.3 is 0 Å². The molecule has 1 heterocycles. The Hall–Kier alpha value is -4.02. The van der Waals surface area contributed by atoms with Gasteiger partial charge in [-0.2, -0.15) is 0 Å². The molecule has 9 nitrogen and oxygen atoms in total. The minimum Gasteiger partial charge on any atom is -0.497 e. The summed E-state index contributed by atoms with van der Waals surface area (Å²) in [5.74, 6) is 0.262. The lowest BCUT2D eigenvalue weighted by atomic mass is 9.97. The highest BCUT2D eigenvalue weighted by atomic mass is 32.2. The van der Waals surface area contributed by atoms with E-state index in [2.05, 4.69) is 10.6 Å². The average molecular weight is 634 g/mol. The predicted molar refractivity (Wildman–Crippen MR) is 176 cm³/mol. The monoisotopic (exact) mass is 633 g/mol. The zero-order chi connectivity index (χ0) is 32.6. The maximum Gasteiger partial charge on any atom is 0.258 e. The van der Waals surface area contributed by atoms with Crippen LogP contribution in [0.25, 0.3) is 0 Å². The summed E-state index contributed by atoms with van der Waals surface area (Å²) in [5.41, 5.74) is 3.69. The van der Waals surface area contributed by atoms with Crippen molar-refractivity contribution in [2.24, 2.45) is 0 Å². The average Bonchev–Trinajstić information content (AvgIpc) is 3.35. The van der Waals surface area contributed by atoms with Crippen LogP contribution in [-0.4, -0.2) is 76.8 Å². The van der Waals surface area contributed by atoms with Gasteiger partial charge in [-0.1, -0.05) is 60.7 Å². The number of amides is 3. The van der Waals surface area contributed by atoms with E-state index >= 15 is 0 Å². The van der Waals surface area contributed by atoms with E-state index in [0.717, 1.165) is 28.0 Å². The molecule has 3 amide bonds. The molecule has 0 bridgehead atoms. The van der Waals surface area contributed by atoms with E-state index in [4.69, 9.17) is 9.47 Å². The first-order valence-electron chi connectivity index (χ1n) is 15.1. The van der Waals surface area contributed by atoms with Crippen molar-refractivity contribution in [1.82, 2.24) is 15.5 Å². The molecule has 0 aliphatic carbocycles. The third kappa shape index (κ3) is 8.79. The third-order valence-corrected chi connectivity index (χ3v) is 9.36. The van der Waals surface area contributed by atoms with Gasteiger partial charge in [-0.05, 0) is 74.9 Å². The topological polar surface area (TPSA) is 117 Å². The summed E-state index contributed by atoms with van der Waals surface area (Å²) in [6, 6.07) is 21.0. The van der Waals surface area contributed by atoms with Crippen LogP contribution in [0.2, 0.25) is 0 Å². The van der Waals surface area contributed by atoms with Crippen LogP contribution in [0.4, 0.5) is 0 Å². The number of benzene rings is 3. The molecule has 1 fully saturated rings. The molecule has 3 aromatic rings. The number of aliphatic hydroxyl groups excluding tert-OH is 1. The number of nitrogens with zero attached hydrogens (tertiary/aromatic N) is 1. The Kier molecular flexibility index (Phi) is 11.5. The normalized spacial score (nSPS) is 16.8. The summed E-state index contributed by atoms with van der Waals surface area (Å²) in [7, 11) is 1.61. The minimum absolute atomic E-state index is 0.214. The molecule has 10 heteroatoms. The number of carbonyl (C=O) groups excluding carboxylic acids is 3. The van der Waals surface area contributed by atoms with Gasteiger partial charge in [0.25, 0.3) is 11.8 Å². The zero-order valence-corrected chi connectivity index (χ0v) is 27.4. The molecule has 3 N–H and O–H groups in total. The largest absolute Gasteiger partial charge is 0.497 e. The van der Waals surface area contributed by atoms with Gasteiger partial charge in [-0.15, -0.1) is 11.8 Å². The minimum atomic E-state index is -1.58. The number of aliphatic hydroxyl groups is 1. The van der Waals surface area contributed by atoms with Crippen LogP contribution in [0.5, 0.6) is 11.5 Å². The van der Waals surface area contributed by atoms with Gasteiger partial charge in [0.1, 0.15) is 17.5 Å². The van der Waals surface area contributed by atoms with Crippen molar-refractivity contribution in [2.75, 3.05) is 26.1 Å². The molecule has 0 radical (unpaired) electrons. The van der Waals surface area contributed by atoms with E-state index < -0.39 is 34.7 Å². The molecule has 0 spiro atoms. The highest BCUT2D eigenvalue weighted by molar-refractivity contribution is 8.00. The van der Waals surface area contributed by atoms with Gasteiger partial charge in [0.15, 0.2) is 12.7 Å². The molecule has 0 unspecified atom stereocenters. The Bertz CT molecular complexity index is 1440. The number of nitrogens with one attached hydrogen (secondary N) is 2. The van der Waals surface area contributed by atoms with Crippen molar-refractivity contribution >= 4 is 29.5 Å². The van der Waals surface area contributed by atoms with Crippen LogP contribution in [-0.2, 0) is 27.2 Å². The van der Waals surface area contributed by atoms with E-state index in [1.165, 1.54) is 16.7 Å². The van der Waals surface area contributed by atoms with Crippen LogP contribution >= 0.6 is 11.8 Å². The predicted octanol–water partition coefficient (Wildman–Crippen LogP) is 3.82. The quantitative estimate of drug-likeness (QED) is 0.262. The Balaban J connectivity index is 1.45. The van der Waals surface area contributed by atoms with Crippen molar-refractivity contribution in [3.63, 3.8) is 0 Å². The van der Waals surface area contributed by atoms with Gasteiger partial charge < -0.3 is 30.1 Å². The van der Waals surface area contributed by atoms with Crippen LogP contribution in [0.15, 0.2) is 72.8 Å². The van der Waals surface area contributed by atoms with E-state index in [0.29, 0.717) is 18.7 Å². The molecule has 4 rings (SSSR count). The fourth-order valence-corrected chi connectivity index (χ4v) is 6.64. The van der Waals surface area contributed by atoms with E-state index in [9.17, 15) is 19.5 Å². The Labute approximate surface area is 269 Å². The van der Waals surface area contributed by atoms with E-state index in [1.807, 2.05) is 100 Å². The highest BCUT2D eigenvalue weighted by Gasteiger charge is 2.49. The highest BCUT2D eigenvalue weighted by Crippen LogP contribution is 2.40. The second-order valence-corrected chi connectivity index (χ2v) is 13.4. The Morgan fingerprint density at radius 1 is 0.978 bits per heavy atom. The SMILES string of the molecule is COc1ccc(CCNC(=O)[C@H]2N(C(=O)[C@@H](O)[C@H](Cc3ccccc3)NC(=O)COc3c(C)cccc3C)CSC2(C)C)cc1. The third-order valence-electron chi connectivity index (χ3n) is 7.98. The maximum atomic E-state index is 13.9. The number of rotatable bonds is 13. The fourth-order valence-electron chi connectivity index (χ4n) is 5.50. The summed E-state index contributed by atoms with van der Waals surface area (Å²) in [6.45, 7) is 7.76. The first-order chi connectivity index (χ1) is 21.5. The summed E-state index contributed by atoms with van der Waals surface area (Å²) >= 11 is 1.47. The number of hydrogen-bond acceptors (Lipinski definition) is 7. The number of aryl methyl sites for hydroxylation is 2. The first kappa shape index (κ1) is 33.9. The molecule has 0 aromatic heterocycles. The van der Waals surface area contributed by atoms with Gasteiger partial charge in [0.05, 0.1) is 19.0 Å². The molecule has 3 aromatic carbocycles. The van der Waals surface area contributed by atoms with Crippen molar-refractivity contribution in [2.45, 2.75) is 63.5 Å². The van der Waals surface area contributed by atoms with Gasteiger partial charge in [-0.25, -0.2) is 0 Å². The maximum absolute atomic E-state index is 13.9. The molecule has 1 aliphatic heterocycles. The molecule has 3 atom stereocenters. The second-order valence-electron chi connectivity index (χ2n) is 11.8. The van der Waals surface area contributed by atoms with Crippen LogP contribution < -0.4 is 20.1 Å². The zero-order valence-electron chi connectivity index (χ0n) is 26.5. The van der Waals surface area contributed by atoms with E-state index in [1.54, 1.807) is 7.11 Å².